The number of aryl methyl sites for hydroxylation is 4. The second kappa shape index (κ2) is 13.5. The van der Waals surface area contributed by atoms with Crippen LogP contribution in [0.5, 0.6) is 0 Å². The number of benzene rings is 4. The first kappa shape index (κ1) is 27.7. The van der Waals surface area contributed by atoms with Gasteiger partial charge in [0, 0.05) is 12.6 Å². The molecule has 1 nitrogen and oxygen atoms in total. The minimum Gasteiger partial charge on any atom is -0.294 e. The second-order valence-electron chi connectivity index (χ2n) is 10.2. The van der Waals surface area contributed by atoms with Gasteiger partial charge in [0.05, 0.1) is 0 Å². The molecule has 0 heterocycles. The third-order valence-electron chi connectivity index (χ3n) is 6.89. The van der Waals surface area contributed by atoms with Crippen molar-refractivity contribution in [2.75, 3.05) is 19.1 Å². The lowest BCUT2D eigenvalue weighted by molar-refractivity contribution is 0.365. The summed E-state index contributed by atoms with van der Waals surface area (Å²) in [7, 11) is -0.948. The number of rotatable bonds is 11. The van der Waals surface area contributed by atoms with Gasteiger partial charge in [-0.2, -0.15) is 0 Å². The first-order valence-electron chi connectivity index (χ1n) is 13.5. The molecule has 192 valence electrons. The largest absolute Gasteiger partial charge is 0.294 e. The van der Waals surface area contributed by atoms with E-state index in [1.165, 1.54) is 56.3 Å². The van der Waals surface area contributed by atoms with Crippen LogP contribution in [-0.2, 0) is 0 Å². The molecule has 0 fully saturated rings. The lowest BCUT2D eigenvalue weighted by atomic mass is 10.2. The monoisotopic (exact) mass is 525 g/mol. The van der Waals surface area contributed by atoms with Crippen LogP contribution in [0.15, 0.2) is 97.1 Å². The lowest BCUT2D eigenvalue weighted by Gasteiger charge is -2.32. The van der Waals surface area contributed by atoms with Crippen LogP contribution in [0.4, 0.5) is 0 Å². The van der Waals surface area contributed by atoms with Gasteiger partial charge in [-0.05, 0) is 77.7 Å². The van der Waals surface area contributed by atoms with E-state index < -0.39 is 15.8 Å². The van der Waals surface area contributed by atoms with Gasteiger partial charge in [-0.25, -0.2) is 0 Å². The summed E-state index contributed by atoms with van der Waals surface area (Å²) < 4.78 is 0. The summed E-state index contributed by atoms with van der Waals surface area (Å²) in [5, 5.41) is 5.89. The van der Waals surface area contributed by atoms with Crippen molar-refractivity contribution in [2.24, 2.45) is 0 Å². The van der Waals surface area contributed by atoms with E-state index in [0.717, 1.165) is 19.1 Å². The van der Waals surface area contributed by atoms with Crippen molar-refractivity contribution in [2.45, 2.75) is 47.5 Å². The van der Waals surface area contributed by atoms with Crippen LogP contribution in [0, 0.1) is 27.7 Å². The van der Waals surface area contributed by atoms with Crippen LogP contribution < -0.4 is 21.2 Å². The van der Waals surface area contributed by atoms with Crippen LogP contribution in [0.25, 0.3) is 0 Å². The molecule has 0 N–H and O–H groups in total. The van der Waals surface area contributed by atoms with Crippen LogP contribution in [0.3, 0.4) is 0 Å². The molecular weight excluding hydrogens is 484 g/mol. The summed E-state index contributed by atoms with van der Waals surface area (Å²) in [6.45, 7) is 12.2. The molecule has 0 unspecified atom stereocenters. The Morgan fingerprint density at radius 2 is 0.730 bits per heavy atom. The molecule has 3 heteroatoms. The average molecular weight is 526 g/mol. The zero-order chi connectivity index (χ0) is 26.2. The van der Waals surface area contributed by atoms with Crippen LogP contribution in [0.1, 0.15) is 42.0 Å². The summed E-state index contributed by atoms with van der Waals surface area (Å²) in [6.07, 6.45) is 4.64. The minimum atomic E-state index is -0.474. The molecule has 0 amide bonds. The van der Waals surface area contributed by atoms with Crippen LogP contribution in [-0.4, -0.2) is 24.0 Å². The van der Waals surface area contributed by atoms with E-state index in [0.29, 0.717) is 0 Å². The molecule has 0 radical (unpaired) electrons. The molecule has 4 rings (SSSR count). The van der Waals surface area contributed by atoms with Gasteiger partial charge in [0.25, 0.3) is 0 Å². The van der Waals surface area contributed by atoms with E-state index in [4.69, 9.17) is 0 Å². The predicted octanol–water partition coefficient (Wildman–Crippen LogP) is 7.50. The van der Waals surface area contributed by atoms with Gasteiger partial charge < -0.3 is 0 Å². The predicted molar refractivity (Wildman–Crippen MR) is 168 cm³/mol. The Kier molecular flexibility index (Phi) is 10.1. The fourth-order valence-corrected chi connectivity index (χ4v) is 9.22. The second-order valence-corrected chi connectivity index (χ2v) is 14.6. The van der Waals surface area contributed by atoms with Crippen LogP contribution in [0.2, 0.25) is 0 Å². The molecule has 0 atom stereocenters. The minimum absolute atomic E-state index is 0.474. The molecular formula is C34H41NP2. The highest BCUT2D eigenvalue weighted by atomic mass is 31.1. The Bertz CT molecular complexity index is 1040. The molecule has 0 spiro atoms. The number of unbranched alkanes of at least 4 members (excludes halogenated alkanes) is 1. The number of hydrogen-bond donors (Lipinski definition) is 0. The van der Waals surface area contributed by atoms with E-state index >= 15 is 0 Å². The molecule has 4 aromatic rings. The molecule has 0 aliphatic rings. The number of hydrogen-bond acceptors (Lipinski definition) is 1. The van der Waals surface area contributed by atoms with E-state index in [2.05, 4.69) is 137 Å². The summed E-state index contributed by atoms with van der Waals surface area (Å²) in [5.41, 5.74) is 5.31. The Morgan fingerprint density at radius 1 is 0.459 bits per heavy atom. The first-order chi connectivity index (χ1) is 17.9. The molecule has 4 aromatic carbocycles. The van der Waals surface area contributed by atoms with E-state index in [9.17, 15) is 0 Å². The lowest BCUT2D eigenvalue weighted by Crippen LogP contribution is -2.33. The van der Waals surface area contributed by atoms with Crippen molar-refractivity contribution in [3.05, 3.63) is 119 Å². The fourth-order valence-electron chi connectivity index (χ4n) is 4.49. The van der Waals surface area contributed by atoms with E-state index in [1.807, 2.05) is 0 Å². The smallest absolute Gasteiger partial charge is 0.0269 e. The van der Waals surface area contributed by atoms with E-state index in [1.54, 1.807) is 0 Å². The van der Waals surface area contributed by atoms with Gasteiger partial charge >= 0.3 is 0 Å². The zero-order valence-electron chi connectivity index (χ0n) is 23.1. The summed E-state index contributed by atoms with van der Waals surface area (Å²) in [6, 6.07) is 37.1. The molecule has 0 aliphatic carbocycles. The van der Waals surface area contributed by atoms with Gasteiger partial charge in [-0.3, -0.25) is 4.90 Å². The molecule has 0 bridgehead atoms. The highest BCUT2D eigenvalue weighted by molar-refractivity contribution is 7.73. The molecule has 0 aromatic heterocycles. The third-order valence-corrected chi connectivity index (χ3v) is 11.9. The number of nitrogens with zero attached hydrogens (tertiary/aromatic N) is 1. The average Bonchev–Trinajstić information content (AvgIpc) is 2.91. The summed E-state index contributed by atoms with van der Waals surface area (Å²) in [5.74, 6) is 0. The topological polar surface area (TPSA) is 3.24 Å². The standard InChI is InChI=1S/C34H41NP2/c1-6-7-24-35(25-36(31-16-8-27(2)9-17-31)32-18-10-28(3)11-19-32)26-37(33-20-12-29(4)13-21-33)34-22-14-30(5)15-23-34/h8-23H,6-7,24-26H2,1-5H3. The maximum absolute atomic E-state index is 2.78. The highest BCUT2D eigenvalue weighted by Gasteiger charge is 2.23. The Morgan fingerprint density at radius 3 is 0.973 bits per heavy atom. The Labute approximate surface area is 227 Å². The Hall–Kier alpha value is -2.30. The van der Waals surface area contributed by atoms with Crippen molar-refractivity contribution < 1.29 is 0 Å². The van der Waals surface area contributed by atoms with Gasteiger partial charge in [0.2, 0.25) is 0 Å². The van der Waals surface area contributed by atoms with Crippen LogP contribution >= 0.6 is 15.8 Å². The summed E-state index contributed by atoms with van der Waals surface area (Å²) in [4.78, 5) is 2.78. The van der Waals surface area contributed by atoms with Crippen molar-refractivity contribution in [3.63, 3.8) is 0 Å². The Balaban J connectivity index is 1.69. The van der Waals surface area contributed by atoms with E-state index in [-0.39, 0.29) is 0 Å². The summed E-state index contributed by atoms with van der Waals surface area (Å²) >= 11 is 0. The molecule has 0 saturated heterocycles. The van der Waals surface area contributed by atoms with Gasteiger partial charge in [-0.1, -0.05) is 133 Å². The van der Waals surface area contributed by atoms with Gasteiger partial charge in [0.15, 0.2) is 0 Å². The van der Waals surface area contributed by atoms with Gasteiger partial charge in [-0.15, -0.1) is 0 Å². The van der Waals surface area contributed by atoms with Crippen molar-refractivity contribution >= 4 is 37.1 Å². The fraction of sp³-hybridized carbons (Fsp3) is 0.294. The third kappa shape index (κ3) is 7.85. The maximum Gasteiger partial charge on any atom is 0.0269 e. The zero-order valence-corrected chi connectivity index (χ0v) is 24.9. The van der Waals surface area contributed by atoms with Gasteiger partial charge in [0.1, 0.15) is 0 Å². The van der Waals surface area contributed by atoms with Crippen molar-refractivity contribution in [1.29, 1.82) is 0 Å². The first-order valence-corrected chi connectivity index (χ1v) is 16.5. The quantitative estimate of drug-likeness (QED) is 0.183. The normalized spacial score (nSPS) is 11.6. The molecule has 0 aliphatic heterocycles. The molecule has 0 saturated carbocycles. The maximum atomic E-state index is 2.78. The van der Waals surface area contributed by atoms with Crippen molar-refractivity contribution in [1.82, 2.24) is 4.90 Å². The highest BCUT2D eigenvalue weighted by Crippen LogP contribution is 2.40. The molecule has 37 heavy (non-hydrogen) atoms. The SMILES string of the molecule is CCCCN(CP(c1ccc(C)cc1)c1ccc(C)cc1)CP(c1ccc(C)cc1)c1ccc(C)cc1. The van der Waals surface area contributed by atoms with Crippen molar-refractivity contribution in [3.8, 4) is 0 Å².